The topological polar surface area (TPSA) is 120 Å². The Labute approximate surface area is 191 Å². The van der Waals surface area contributed by atoms with Gasteiger partial charge in [-0.15, -0.1) is 0 Å². The summed E-state index contributed by atoms with van der Waals surface area (Å²) in [4.78, 5) is 43.7. The Hall–Kier alpha value is -3.72. The van der Waals surface area contributed by atoms with Gasteiger partial charge in [0, 0.05) is 38.4 Å². The third kappa shape index (κ3) is 4.58. The van der Waals surface area contributed by atoms with Gasteiger partial charge in [-0.25, -0.2) is 4.98 Å². The highest BCUT2D eigenvalue weighted by atomic mass is 16.5. The Kier molecular flexibility index (Phi) is 6.41. The number of primary amides is 1. The van der Waals surface area contributed by atoms with Crippen LogP contribution in [0.5, 0.6) is 0 Å². The summed E-state index contributed by atoms with van der Waals surface area (Å²) in [6.45, 7) is 0.716. The fourth-order valence-electron chi connectivity index (χ4n) is 4.31. The van der Waals surface area contributed by atoms with Gasteiger partial charge in [-0.3, -0.25) is 14.4 Å². The van der Waals surface area contributed by atoms with E-state index in [1.54, 1.807) is 17.0 Å². The lowest BCUT2D eigenvalue weighted by atomic mass is 9.97. The predicted octanol–water partition coefficient (Wildman–Crippen LogP) is 2.16. The van der Waals surface area contributed by atoms with E-state index in [-0.39, 0.29) is 30.9 Å². The number of aromatic nitrogens is 2. The molecule has 3 aromatic rings. The van der Waals surface area contributed by atoms with Crippen LogP contribution in [0.25, 0.3) is 22.4 Å². The highest BCUT2D eigenvalue weighted by Gasteiger charge is 2.28. The van der Waals surface area contributed by atoms with E-state index >= 15 is 0 Å². The molecule has 33 heavy (non-hydrogen) atoms. The van der Waals surface area contributed by atoms with Crippen molar-refractivity contribution < 1.29 is 19.1 Å². The van der Waals surface area contributed by atoms with E-state index < -0.39 is 5.91 Å². The van der Waals surface area contributed by atoms with Crippen molar-refractivity contribution in [1.29, 1.82) is 0 Å². The maximum atomic E-state index is 13.3. The largest absolute Gasteiger partial charge is 0.375 e. The van der Waals surface area contributed by atoms with Crippen molar-refractivity contribution in [3.05, 3.63) is 48.0 Å². The van der Waals surface area contributed by atoms with Crippen molar-refractivity contribution in [2.75, 3.05) is 32.1 Å². The summed E-state index contributed by atoms with van der Waals surface area (Å²) in [5.41, 5.74) is 8.53. The van der Waals surface area contributed by atoms with Gasteiger partial charge >= 0.3 is 0 Å². The summed E-state index contributed by atoms with van der Waals surface area (Å²) in [5, 5.41) is 2.85. The van der Waals surface area contributed by atoms with E-state index in [1.807, 2.05) is 41.9 Å². The van der Waals surface area contributed by atoms with Crippen LogP contribution in [0, 0.1) is 5.92 Å². The minimum Gasteiger partial charge on any atom is -0.375 e. The van der Waals surface area contributed by atoms with Gasteiger partial charge in [0.2, 0.25) is 11.8 Å². The first-order valence-electron chi connectivity index (χ1n) is 10.8. The van der Waals surface area contributed by atoms with Crippen LogP contribution in [0.2, 0.25) is 0 Å². The number of benzene rings is 2. The summed E-state index contributed by atoms with van der Waals surface area (Å²) in [7, 11) is 3.31. The second kappa shape index (κ2) is 9.41. The number of rotatable bonds is 6. The Balaban J connectivity index is 1.78. The first kappa shape index (κ1) is 22.5. The zero-order valence-corrected chi connectivity index (χ0v) is 18.7. The Morgan fingerprint density at radius 1 is 1.21 bits per heavy atom. The zero-order valence-electron chi connectivity index (χ0n) is 18.7. The first-order chi connectivity index (χ1) is 15.9. The molecule has 0 saturated carbocycles. The van der Waals surface area contributed by atoms with Crippen LogP contribution in [-0.4, -0.2) is 59.0 Å². The highest BCUT2D eigenvalue weighted by Crippen LogP contribution is 2.31. The summed E-state index contributed by atoms with van der Waals surface area (Å²) in [6, 6.07) is 13.1. The van der Waals surface area contributed by atoms with Gasteiger partial charge in [0.1, 0.15) is 12.4 Å². The van der Waals surface area contributed by atoms with E-state index in [0.29, 0.717) is 47.5 Å². The van der Waals surface area contributed by atoms with E-state index in [1.165, 1.54) is 7.11 Å². The number of nitrogens with two attached hydrogens (primary N) is 1. The van der Waals surface area contributed by atoms with Crippen LogP contribution in [0.1, 0.15) is 23.2 Å². The number of anilines is 1. The Morgan fingerprint density at radius 2 is 1.97 bits per heavy atom. The lowest BCUT2D eigenvalue weighted by molar-refractivity contribution is -0.123. The number of methoxy groups -OCH3 is 1. The molecule has 0 spiro atoms. The third-order valence-corrected chi connectivity index (χ3v) is 5.91. The fourth-order valence-corrected chi connectivity index (χ4v) is 4.31. The molecule has 1 fully saturated rings. The van der Waals surface area contributed by atoms with Gasteiger partial charge in [0.15, 0.2) is 0 Å². The van der Waals surface area contributed by atoms with Crippen molar-refractivity contribution in [3.63, 3.8) is 0 Å². The van der Waals surface area contributed by atoms with Crippen molar-refractivity contribution in [1.82, 2.24) is 14.5 Å². The average molecular weight is 450 g/mol. The van der Waals surface area contributed by atoms with Gasteiger partial charge in [0.05, 0.1) is 22.6 Å². The molecular formula is C24H27N5O4. The first-order valence-corrected chi connectivity index (χ1v) is 10.8. The number of nitrogens with one attached hydrogen (secondary N) is 1. The molecule has 4 rings (SSSR count). The molecule has 1 unspecified atom stereocenters. The van der Waals surface area contributed by atoms with E-state index in [0.717, 1.165) is 5.56 Å². The van der Waals surface area contributed by atoms with Crippen LogP contribution in [-0.2, 0) is 21.4 Å². The molecule has 9 nitrogen and oxygen atoms in total. The van der Waals surface area contributed by atoms with Crippen LogP contribution in [0.4, 0.5) is 5.69 Å². The zero-order chi connectivity index (χ0) is 23.5. The number of likely N-dealkylation sites (tertiary alicyclic amines) is 1. The molecule has 1 aliphatic heterocycles. The maximum Gasteiger partial charge on any atom is 0.254 e. The van der Waals surface area contributed by atoms with Gasteiger partial charge in [0.25, 0.3) is 5.91 Å². The second-order valence-electron chi connectivity index (χ2n) is 8.23. The number of imidazole rings is 1. The monoisotopic (exact) mass is 449 g/mol. The van der Waals surface area contributed by atoms with Crippen LogP contribution >= 0.6 is 0 Å². The van der Waals surface area contributed by atoms with Gasteiger partial charge < -0.3 is 25.3 Å². The predicted molar refractivity (Wildman–Crippen MR) is 124 cm³/mol. The lowest BCUT2D eigenvalue weighted by Crippen LogP contribution is -2.44. The number of ether oxygens (including phenoxy) is 1. The van der Waals surface area contributed by atoms with Crippen molar-refractivity contribution in [2.45, 2.75) is 12.8 Å². The molecular weight excluding hydrogens is 422 g/mol. The number of carbonyl (C=O) groups excluding carboxylic acids is 3. The smallest absolute Gasteiger partial charge is 0.254 e. The molecule has 3 amide bonds. The van der Waals surface area contributed by atoms with E-state index in [4.69, 9.17) is 15.5 Å². The number of hydrogen-bond donors (Lipinski definition) is 2. The van der Waals surface area contributed by atoms with Crippen LogP contribution in [0.3, 0.4) is 0 Å². The molecule has 0 bridgehead atoms. The Bertz CT molecular complexity index is 1200. The highest BCUT2D eigenvalue weighted by molar-refractivity contribution is 6.06. The minimum atomic E-state index is -0.396. The molecule has 1 aliphatic rings. The van der Waals surface area contributed by atoms with E-state index in [9.17, 15) is 14.4 Å². The summed E-state index contributed by atoms with van der Waals surface area (Å²) < 4.78 is 6.84. The molecule has 172 valence electrons. The number of hydrogen-bond acceptors (Lipinski definition) is 5. The number of amides is 3. The molecule has 1 saturated heterocycles. The molecule has 2 aromatic carbocycles. The van der Waals surface area contributed by atoms with Crippen molar-refractivity contribution >= 4 is 34.4 Å². The Morgan fingerprint density at radius 3 is 2.67 bits per heavy atom. The molecule has 3 N–H and O–H groups in total. The van der Waals surface area contributed by atoms with Crippen molar-refractivity contribution in [3.8, 4) is 11.4 Å². The maximum absolute atomic E-state index is 13.3. The quantitative estimate of drug-likeness (QED) is 0.598. The molecule has 0 aliphatic carbocycles. The molecule has 1 atom stereocenters. The number of carbonyl (C=O) groups is 3. The minimum absolute atomic E-state index is 0.116. The lowest BCUT2D eigenvalue weighted by Gasteiger charge is -2.31. The molecule has 2 heterocycles. The summed E-state index contributed by atoms with van der Waals surface area (Å²) >= 11 is 0. The standard InChI is InChI=1S/C24H27N5O4/c1-28-21-18(26-20(30)14-33-2)11-17(24(32)29-10-6-9-16(13-29)22(25)31)12-19(21)27-23(28)15-7-4-3-5-8-15/h3-5,7-8,11-12,16H,6,9-10,13-14H2,1-2H3,(H2,25,31)(H,26,30). The second-order valence-corrected chi connectivity index (χ2v) is 8.23. The summed E-state index contributed by atoms with van der Waals surface area (Å²) in [5.74, 6) is -0.599. The fraction of sp³-hybridized carbons (Fsp3) is 0.333. The SMILES string of the molecule is COCC(=O)Nc1cc(C(=O)N2CCCC(C(N)=O)C2)cc2nc(-c3ccccc3)n(C)c12. The van der Waals surface area contributed by atoms with Gasteiger partial charge in [-0.05, 0) is 25.0 Å². The average Bonchev–Trinajstić information content (AvgIpc) is 3.16. The molecule has 9 heteroatoms. The van der Waals surface area contributed by atoms with E-state index in [2.05, 4.69) is 5.32 Å². The number of piperidine rings is 1. The summed E-state index contributed by atoms with van der Waals surface area (Å²) in [6.07, 6.45) is 1.39. The normalized spacial score (nSPS) is 16.1. The van der Waals surface area contributed by atoms with Gasteiger partial charge in [-0.1, -0.05) is 30.3 Å². The number of nitrogens with zero attached hydrogens (tertiary/aromatic N) is 3. The number of aryl methyl sites for hydroxylation is 1. The van der Waals surface area contributed by atoms with Crippen molar-refractivity contribution in [2.24, 2.45) is 18.7 Å². The third-order valence-electron chi connectivity index (χ3n) is 5.91. The van der Waals surface area contributed by atoms with Gasteiger partial charge in [-0.2, -0.15) is 0 Å². The van der Waals surface area contributed by atoms with Crippen LogP contribution < -0.4 is 11.1 Å². The molecule has 1 aromatic heterocycles. The number of fused-ring (bicyclic) bond motifs is 1. The molecule has 0 radical (unpaired) electrons. The van der Waals surface area contributed by atoms with Crippen LogP contribution in [0.15, 0.2) is 42.5 Å².